The summed E-state index contributed by atoms with van der Waals surface area (Å²) in [5, 5.41) is 0. The molecule has 0 radical (unpaired) electrons. The quantitative estimate of drug-likeness (QED) is 0.590. The van der Waals surface area contributed by atoms with Crippen molar-refractivity contribution in [2.24, 2.45) is 0 Å². The number of hydrogen-bond acceptors (Lipinski definition) is 1. The van der Waals surface area contributed by atoms with Crippen LogP contribution in [0.3, 0.4) is 0 Å². The number of halogens is 4. The summed E-state index contributed by atoms with van der Waals surface area (Å²) >= 11 is 0. The zero-order chi connectivity index (χ0) is 14.9. The number of aryl methyl sites for hydroxylation is 1. The highest BCUT2D eigenvalue weighted by Gasteiger charge is 2.32. The van der Waals surface area contributed by atoms with Gasteiger partial charge >= 0.3 is 6.18 Å². The molecule has 0 saturated carbocycles. The number of carbonyl (C=O) groups is 1. The van der Waals surface area contributed by atoms with Crippen LogP contribution in [0.5, 0.6) is 0 Å². The van der Waals surface area contributed by atoms with Gasteiger partial charge in [-0.15, -0.1) is 0 Å². The van der Waals surface area contributed by atoms with E-state index in [2.05, 4.69) is 0 Å². The smallest absolute Gasteiger partial charge is 0.288 e. The van der Waals surface area contributed by atoms with E-state index in [1.165, 1.54) is 6.07 Å². The van der Waals surface area contributed by atoms with E-state index in [0.29, 0.717) is 23.8 Å². The van der Waals surface area contributed by atoms with Crippen LogP contribution in [0.4, 0.5) is 17.6 Å². The number of carbonyl (C=O) groups excluding carboxylic acids is 1. The number of ketones is 1. The van der Waals surface area contributed by atoms with Gasteiger partial charge in [0, 0.05) is 5.56 Å². The lowest BCUT2D eigenvalue weighted by atomic mass is 9.97. The SMILES string of the molecule is Cc1ccccc1C(=O)c1cc(C(F)(F)F)ccc1F. The molecule has 0 aliphatic carbocycles. The van der Waals surface area contributed by atoms with E-state index in [0.717, 1.165) is 0 Å². The maximum Gasteiger partial charge on any atom is 0.416 e. The molecule has 0 unspecified atom stereocenters. The minimum atomic E-state index is -4.62. The molecule has 0 spiro atoms. The predicted molar refractivity (Wildman–Crippen MR) is 66.0 cm³/mol. The van der Waals surface area contributed by atoms with Crippen LogP contribution in [0.25, 0.3) is 0 Å². The van der Waals surface area contributed by atoms with Crippen LogP contribution in [0.1, 0.15) is 27.0 Å². The first-order chi connectivity index (χ1) is 9.30. The molecule has 0 saturated heterocycles. The molecule has 2 aromatic carbocycles. The van der Waals surface area contributed by atoms with Gasteiger partial charge in [0.1, 0.15) is 5.82 Å². The van der Waals surface area contributed by atoms with Crippen molar-refractivity contribution in [3.8, 4) is 0 Å². The van der Waals surface area contributed by atoms with Crippen LogP contribution in [0, 0.1) is 12.7 Å². The Morgan fingerprint density at radius 2 is 1.65 bits per heavy atom. The lowest BCUT2D eigenvalue weighted by Gasteiger charge is -2.10. The van der Waals surface area contributed by atoms with Gasteiger partial charge in [0.25, 0.3) is 0 Å². The van der Waals surface area contributed by atoms with E-state index in [1.807, 2.05) is 0 Å². The zero-order valence-electron chi connectivity index (χ0n) is 10.5. The second kappa shape index (κ2) is 5.07. The highest BCUT2D eigenvalue weighted by Crippen LogP contribution is 2.31. The highest BCUT2D eigenvalue weighted by molar-refractivity contribution is 6.10. The minimum absolute atomic E-state index is 0.186. The fourth-order valence-corrected chi connectivity index (χ4v) is 1.85. The average Bonchev–Trinajstić information content (AvgIpc) is 2.37. The van der Waals surface area contributed by atoms with Crippen molar-refractivity contribution in [2.45, 2.75) is 13.1 Å². The van der Waals surface area contributed by atoms with Gasteiger partial charge in [-0.3, -0.25) is 4.79 Å². The molecule has 0 atom stereocenters. The fourth-order valence-electron chi connectivity index (χ4n) is 1.85. The monoisotopic (exact) mass is 282 g/mol. The molecule has 2 rings (SSSR count). The minimum Gasteiger partial charge on any atom is -0.288 e. The normalized spacial score (nSPS) is 11.4. The Labute approximate surface area is 112 Å². The Morgan fingerprint density at radius 3 is 2.25 bits per heavy atom. The summed E-state index contributed by atoms with van der Waals surface area (Å²) in [7, 11) is 0. The third kappa shape index (κ3) is 2.71. The first kappa shape index (κ1) is 14.2. The topological polar surface area (TPSA) is 17.1 Å². The number of alkyl halides is 3. The Hall–Kier alpha value is -2.17. The molecule has 0 amide bonds. The van der Waals surface area contributed by atoms with Crippen molar-refractivity contribution in [2.75, 3.05) is 0 Å². The fraction of sp³-hybridized carbons (Fsp3) is 0.133. The van der Waals surface area contributed by atoms with Gasteiger partial charge in [0.05, 0.1) is 11.1 Å². The Balaban J connectivity index is 2.53. The van der Waals surface area contributed by atoms with Crippen LogP contribution in [0.2, 0.25) is 0 Å². The summed E-state index contributed by atoms with van der Waals surface area (Å²) < 4.78 is 51.5. The summed E-state index contributed by atoms with van der Waals surface area (Å²) in [5.74, 6) is -1.72. The number of hydrogen-bond donors (Lipinski definition) is 0. The molecule has 0 aromatic heterocycles. The molecule has 0 aliphatic rings. The van der Waals surface area contributed by atoms with Crippen LogP contribution in [-0.2, 0) is 6.18 Å². The van der Waals surface area contributed by atoms with Crippen molar-refractivity contribution in [1.82, 2.24) is 0 Å². The van der Waals surface area contributed by atoms with Crippen LogP contribution >= 0.6 is 0 Å². The summed E-state index contributed by atoms with van der Waals surface area (Å²) in [5.41, 5.74) is -0.856. The Bertz CT molecular complexity index is 659. The largest absolute Gasteiger partial charge is 0.416 e. The molecule has 2 aromatic rings. The van der Waals surface area contributed by atoms with Crippen LogP contribution in [-0.4, -0.2) is 5.78 Å². The summed E-state index contributed by atoms with van der Waals surface area (Å²) in [6.45, 7) is 1.64. The molecule has 0 bridgehead atoms. The molecule has 104 valence electrons. The molecule has 0 N–H and O–H groups in total. The molecule has 5 heteroatoms. The van der Waals surface area contributed by atoms with E-state index in [1.54, 1.807) is 25.1 Å². The van der Waals surface area contributed by atoms with Crippen LogP contribution < -0.4 is 0 Å². The van der Waals surface area contributed by atoms with Gasteiger partial charge in [0.15, 0.2) is 5.78 Å². The lowest BCUT2D eigenvalue weighted by Crippen LogP contribution is -2.11. The zero-order valence-corrected chi connectivity index (χ0v) is 10.5. The van der Waals surface area contributed by atoms with Gasteiger partial charge < -0.3 is 0 Å². The lowest BCUT2D eigenvalue weighted by molar-refractivity contribution is -0.137. The van der Waals surface area contributed by atoms with Gasteiger partial charge in [-0.2, -0.15) is 13.2 Å². The van der Waals surface area contributed by atoms with Crippen molar-refractivity contribution >= 4 is 5.78 Å². The first-order valence-corrected chi connectivity index (χ1v) is 5.78. The van der Waals surface area contributed by atoms with E-state index >= 15 is 0 Å². The molecular weight excluding hydrogens is 272 g/mol. The third-order valence-corrected chi connectivity index (χ3v) is 2.93. The molecule has 20 heavy (non-hydrogen) atoms. The van der Waals surface area contributed by atoms with Gasteiger partial charge in [-0.05, 0) is 30.7 Å². The van der Waals surface area contributed by atoms with Crippen LogP contribution in [0.15, 0.2) is 42.5 Å². The summed E-state index contributed by atoms with van der Waals surface area (Å²) in [4.78, 5) is 12.2. The average molecular weight is 282 g/mol. The molecular formula is C15H10F4O. The van der Waals surface area contributed by atoms with Crippen molar-refractivity contribution in [1.29, 1.82) is 0 Å². The van der Waals surface area contributed by atoms with E-state index in [9.17, 15) is 22.4 Å². The predicted octanol–water partition coefficient (Wildman–Crippen LogP) is 4.38. The van der Waals surface area contributed by atoms with Crippen molar-refractivity contribution < 1.29 is 22.4 Å². The van der Waals surface area contributed by atoms with Gasteiger partial charge in [0.2, 0.25) is 0 Å². The van der Waals surface area contributed by atoms with Gasteiger partial charge in [-0.1, -0.05) is 24.3 Å². The Kier molecular flexibility index (Phi) is 3.61. The standard InChI is InChI=1S/C15H10F4O/c1-9-4-2-3-5-11(9)14(20)12-8-10(15(17,18)19)6-7-13(12)16/h2-8H,1H3. The molecule has 1 nitrogen and oxygen atoms in total. The highest BCUT2D eigenvalue weighted by atomic mass is 19.4. The van der Waals surface area contributed by atoms with Crippen molar-refractivity contribution in [3.63, 3.8) is 0 Å². The summed E-state index contributed by atoms with van der Waals surface area (Å²) in [6, 6.07) is 8.18. The molecule has 0 heterocycles. The van der Waals surface area contributed by atoms with Gasteiger partial charge in [-0.25, -0.2) is 4.39 Å². The second-order valence-electron chi connectivity index (χ2n) is 4.34. The maximum atomic E-state index is 13.6. The third-order valence-electron chi connectivity index (χ3n) is 2.93. The van der Waals surface area contributed by atoms with E-state index in [4.69, 9.17) is 0 Å². The molecule has 0 aliphatic heterocycles. The van der Waals surface area contributed by atoms with E-state index in [-0.39, 0.29) is 5.56 Å². The Morgan fingerprint density at radius 1 is 1.00 bits per heavy atom. The molecule has 0 fully saturated rings. The van der Waals surface area contributed by atoms with Crippen molar-refractivity contribution in [3.05, 3.63) is 70.5 Å². The maximum absolute atomic E-state index is 13.6. The number of benzene rings is 2. The first-order valence-electron chi connectivity index (χ1n) is 5.78. The summed E-state index contributed by atoms with van der Waals surface area (Å²) in [6.07, 6.45) is -4.62. The number of rotatable bonds is 2. The van der Waals surface area contributed by atoms with E-state index < -0.39 is 28.9 Å². The second-order valence-corrected chi connectivity index (χ2v) is 4.34.